The first-order chi connectivity index (χ1) is 8.72. The fraction of sp³-hybridized carbons (Fsp3) is 0.133. The van der Waals surface area contributed by atoms with E-state index < -0.39 is 0 Å². The highest BCUT2D eigenvalue weighted by atomic mass is 79.9. The summed E-state index contributed by atoms with van der Waals surface area (Å²) in [5.41, 5.74) is 3.40. The number of hydrogen-bond acceptors (Lipinski definition) is 2. The van der Waals surface area contributed by atoms with Crippen molar-refractivity contribution >= 4 is 22.0 Å². The Bertz CT molecular complexity index is 604. The van der Waals surface area contributed by atoms with Crippen LogP contribution in [0.15, 0.2) is 47.1 Å². The number of fused-ring (bicyclic) bond motifs is 1. The summed E-state index contributed by atoms with van der Waals surface area (Å²) in [4.78, 5) is 4.29. The molecule has 0 aliphatic carbocycles. The predicted octanol–water partition coefficient (Wildman–Crippen LogP) is 4.30. The van der Waals surface area contributed by atoms with Gasteiger partial charge in [-0.05, 0) is 46.6 Å². The van der Waals surface area contributed by atoms with Crippen LogP contribution in [0.2, 0.25) is 0 Å². The number of hydrogen-bond donors (Lipinski definition) is 0. The molecule has 2 aromatic rings. The molecule has 1 unspecified atom stereocenters. The Kier molecular flexibility index (Phi) is 2.92. The molecule has 1 aromatic carbocycles. The van der Waals surface area contributed by atoms with Gasteiger partial charge in [0.15, 0.2) is 0 Å². The number of nitrogens with zero attached hydrogens (tertiary/aromatic N) is 1. The molecular weight excluding hydrogens is 290 g/mol. The van der Waals surface area contributed by atoms with E-state index in [9.17, 15) is 0 Å². The molecule has 3 rings (SSSR count). The molecule has 90 valence electrons. The molecule has 0 saturated carbocycles. The lowest BCUT2D eigenvalue weighted by atomic mass is 10.0. The van der Waals surface area contributed by atoms with E-state index >= 15 is 0 Å². The van der Waals surface area contributed by atoms with Gasteiger partial charge in [0.25, 0.3) is 0 Å². The monoisotopic (exact) mass is 301 g/mol. The minimum Gasteiger partial charge on any atom is -0.465 e. The van der Waals surface area contributed by atoms with E-state index in [0.29, 0.717) is 5.88 Å². The van der Waals surface area contributed by atoms with Gasteiger partial charge < -0.3 is 4.74 Å². The second-order valence-corrected chi connectivity index (χ2v) is 5.27. The molecule has 0 amide bonds. The van der Waals surface area contributed by atoms with Crippen molar-refractivity contribution in [2.45, 2.75) is 13.0 Å². The van der Waals surface area contributed by atoms with Crippen molar-refractivity contribution in [2.75, 3.05) is 0 Å². The molecule has 1 aliphatic heterocycles. The summed E-state index contributed by atoms with van der Waals surface area (Å²) in [7, 11) is 0. The second-order valence-electron chi connectivity index (χ2n) is 4.36. The first-order valence-electron chi connectivity index (χ1n) is 5.79. The first kappa shape index (κ1) is 11.5. The maximum absolute atomic E-state index is 5.89. The van der Waals surface area contributed by atoms with E-state index in [1.54, 1.807) is 6.20 Å². The van der Waals surface area contributed by atoms with Gasteiger partial charge in [0.1, 0.15) is 6.10 Å². The standard InChI is InChI=1S/C15H12BrNO/c1-10-2-4-11(5-3-10)14-7-6-12-8-13(16)9-17-15(12)18-14/h2-9,14H,1H3. The van der Waals surface area contributed by atoms with E-state index in [-0.39, 0.29) is 6.10 Å². The number of rotatable bonds is 1. The van der Waals surface area contributed by atoms with Crippen LogP contribution in [0.25, 0.3) is 6.08 Å². The minimum absolute atomic E-state index is 0.0493. The molecule has 2 heterocycles. The van der Waals surface area contributed by atoms with Crippen LogP contribution in [-0.4, -0.2) is 4.98 Å². The van der Waals surface area contributed by atoms with Gasteiger partial charge in [-0.1, -0.05) is 29.8 Å². The third-order valence-electron chi connectivity index (χ3n) is 2.94. The van der Waals surface area contributed by atoms with Crippen LogP contribution in [0.4, 0.5) is 0 Å². The molecule has 0 saturated heterocycles. The maximum Gasteiger partial charge on any atom is 0.221 e. The van der Waals surface area contributed by atoms with E-state index in [2.05, 4.69) is 64.3 Å². The number of halogens is 1. The summed E-state index contributed by atoms with van der Waals surface area (Å²) in [6.07, 6.45) is 5.82. The zero-order valence-corrected chi connectivity index (χ0v) is 11.5. The molecule has 0 radical (unpaired) electrons. The summed E-state index contributed by atoms with van der Waals surface area (Å²) >= 11 is 3.41. The SMILES string of the molecule is Cc1ccc(C2C=Cc3cc(Br)cnc3O2)cc1. The van der Waals surface area contributed by atoms with Crippen molar-refractivity contribution in [1.82, 2.24) is 4.98 Å². The Morgan fingerprint density at radius 1 is 1.22 bits per heavy atom. The van der Waals surface area contributed by atoms with Gasteiger partial charge in [0.2, 0.25) is 5.88 Å². The summed E-state index contributed by atoms with van der Waals surface area (Å²) in [6, 6.07) is 10.4. The van der Waals surface area contributed by atoms with Gasteiger partial charge >= 0.3 is 0 Å². The van der Waals surface area contributed by atoms with Crippen LogP contribution in [0.1, 0.15) is 22.8 Å². The molecule has 0 spiro atoms. The van der Waals surface area contributed by atoms with Crippen LogP contribution in [0.5, 0.6) is 5.88 Å². The molecule has 18 heavy (non-hydrogen) atoms. The first-order valence-corrected chi connectivity index (χ1v) is 6.59. The summed E-state index contributed by atoms with van der Waals surface area (Å²) in [5.74, 6) is 0.686. The number of ether oxygens (including phenoxy) is 1. The van der Waals surface area contributed by atoms with Gasteiger partial charge in [-0.3, -0.25) is 0 Å². The zero-order valence-electron chi connectivity index (χ0n) is 9.93. The zero-order chi connectivity index (χ0) is 12.5. The Balaban J connectivity index is 1.92. The Morgan fingerprint density at radius 3 is 2.78 bits per heavy atom. The molecule has 2 nitrogen and oxygen atoms in total. The minimum atomic E-state index is -0.0493. The van der Waals surface area contributed by atoms with Crippen molar-refractivity contribution in [3.8, 4) is 5.88 Å². The third kappa shape index (κ3) is 2.18. The molecular formula is C15H12BrNO. The van der Waals surface area contributed by atoms with Gasteiger partial charge in [-0.25, -0.2) is 4.98 Å². The third-order valence-corrected chi connectivity index (χ3v) is 3.37. The van der Waals surface area contributed by atoms with E-state index in [0.717, 1.165) is 15.6 Å². The van der Waals surface area contributed by atoms with Crippen molar-refractivity contribution in [3.05, 3.63) is 63.8 Å². The summed E-state index contributed by atoms with van der Waals surface area (Å²) in [5, 5.41) is 0. The number of aryl methyl sites for hydroxylation is 1. The molecule has 1 aliphatic rings. The average Bonchev–Trinajstić information content (AvgIpc) is 2.39. The van der Waals surface area contributed by atoms with Crippen LogP contribution >= 0.6 is 15.9 Å². The smallest absolute Gasteiger partial charge is 0.221 e. The van der Waals surface area contributed by atoms with Gasteiger partial charge in [0, 0.05) is 16.2 Å². The maximum atomic E-state index is 5.89. The van der Waals surface area contributed by atoms with Crippen molar-refractivity contribution < 1.29 is 4.74 Å². The van der Waals surface area contributed by atoms with E-state index in [4.69, 9.17) is 4.74 Å². The highest BCUT2D eigenvalue weighted by Crippen LogP contribution is 2.32. The van der Waals surface area contributed by atoms with Crippen LogP contribution < -0.4 is 4.74 Å². The molecule has 3 heteroatoms. The second kappa shape index (κ2) is 4.58. The predicted molar refractivity (Wildman–Crippen MR) is 75.5 cm³/mol. The van der Waals surface area contributed by atoms with Gasteiger partial charge in [-0.15, -0.1) is 0 Å². The highest BCUT2D eigenvalue weighted by Gasteiger charge is 2.17. The fourth-order valence-electron chi connectivity index (χ4n) is 1.95. The van der Waals surface area contributed by atoms with Gasteiger partial charge in [-0.2, -0.15) is 0 Å². The summed E-state index contributed by atoms with van der Waals surface area (Å²) < 4.78 is 6.86. The Labute approximate surface area is 114 Å². The van der Waals surface area contributed by atoms with Gasteiger partial charge in [0.05, 0.1) is 0 Å². The molecule has 1 atom stereocenters. The fourth-order valence-corrected chi connectivity index (χ4v) is 2.30. The molecule has 0 N–H and O–H groups in total. The average molecular weight is 302 g/mol. The number of aromatic nitrogens is 1. The van der Waals surface area contributed by atoms with Crippen LogP contribution in [0.3, 0.4) is 0 Å². The van der Waals surface area contributed by atoms with Crippen LogP contribution in [-0.2, 0) is 0 Å². The van der Waals surface area contributed by atoms with Crippen molar-refractivity contribution in [1.29, 1.82) is 0 Å². The molecule has 1 aromatic heterocycles. The van der Waals surface area contributed by atoms with E-state index in [1.165, 1.54) is 5.56 Å². The van der Waals surface area contributed by atoms with Crippen molar-refractivity contribution in [3.63, 3.8) is 0 Å². The van der Waals surface area contributed by atoms with Crippen LogP contribution in [0, 0.1) is 6.92 Å². The quantitative estimate of drug-likeness (QED) is 0.783. The normalized spacial score (nSPS) is 17.1. The lowest BCUT2D eigenvalue weighted by Crippen LogP contribution is -2.10. The number of benzene rings is 1. The molecule has 0 fully saturated rings. The summed E-state index contributed by atoms with van der Waals surface area (Å²) in [6.45, 7) is 2.08. The van der Waals surface area contributed by atoms with E-state index in [1.807, 2.05) is 6.07 Å². The lowest BCUT2D eigenvalue weighted by Gasteiger charge is -2.20. The van der Waals surface area contributed by atoms with Crippen molar-refractivity contribution in [2.24, 2.45) is 0 Å². The highest BCUT2D eigenvalue weighted by molar-refractivity contribution is 9.10. The molecule has 0 bridgehead atoms. The topological polar surface area (TPSA) is 22.1 Å². The Hall–Kier alpha value is -1.61. The Morgan fingerprint density at radius 2 is 2.00 bits per heavy atom. The lowest BCUT2D eigenvalue weighted by molar-refractivity contribution is 0.241. The number of pyridine rings is 1. The largest absolute Gasteiger partial charge is 0.465 e.